The quantitative estimate of drug-likeness (QED) is 0.286. The van der Waals surface area contributed by atoms with Gasteiger partial charge >= 0.3 is 0 Å². The zero-order valence-corrected chi connectivity index (χ0v) is 21.2. The van der Waals surface area contributed by atoms with Crippen LogP contribution >= 0.6 is 0 Å². The van der Waals surface area contributed by atoms with Gasteiger partial charge in [0.05, 0.1) is 36.7 Å². The molecule has 0 radical (unpaired) electrons. The fraction of sp³-hybridized carbons (Fsp3) is 0.160. The highest BCUT2D eigenvalue weighted by Crippen LogP contribution is 2.31. The summed E-state index contributed by atoms with van der Waals surface area (Å²) < 4.78 is 40.0. The van der Waals surface area contributed by atoms with Gasteiger partial charge in [-0.15, -0.1) is 0 Å². The van der Waals surface area contributed by atoms with Crippen molar-refractivity contribution in [2.45, 2.75) is 4.90 Å². The number of para-hydroxylation sites is 2. The number of sulfonamides is 1. The lowest BCUT2D eigenvalue weighted by atomic mass is 10.2. The van der Waals surface area contributed by atoms with Crippen LogP contribution in [0.1, 0.15) is 0 Å². The third kappa shape index (κ3) is 5.98. The lowest BCUT2D eigenvalue weighted by molar-refractivity contribution is -0.116. The van der Waals surface area contributed by atoms with Crippen molar-refractivity contribution in [3.8, 4) is 11.5 Å². The van der Waals surface area contributed by atoms with E-state index < -0.39 is 15.9 Å². The molecule has 0 fully saturated rings. The Kier molecular flexibility index (Phi) is 7.30. The molecule has 0 spiro atoms. The van der Waals surface area contributed by atoms with E-state index in [0.29, 0.717) is 33.9 Å². The van der Waals surface area contributed by atoms with Crippen molar-refractivity contribution in [2.24, 2.45) is 5.73 Å². The number of hydrogen-bond donors (Lipinski definition) is 3. The second-order valence-electron chi connectivity index (χ2n) is 8.06. The van der Waals surface area contributed by atoms with Gasteiger partial charge in [-0.1, -0.05) is 18.2 Å². The molecule has 0 saturated carbocycles. The molecule has 12 heteroatoms. The van der Waals surface area contributed by atoms with E-state index in [9.17, 15) is 13.2 Å². The summed E-state index contributed by atoms with van der Waals surface area (Å²) in [5.74, 6) is 0.713. The van der Waals surface area contributed by atoms with Crippen molar-refractivity contribution in [3.63, 3.8) is 0 Å². The largest absolute Gasteiger partial charge is 0.497 e. The van der Waals surface area contributed by atoms with E-state index >= 15 is 0 Å². The minimum Gasteiger partial charge on any atom is -0.497 e. The number of nitrogens with two attached hydrogens (primary N) is 1. The third-order valence-electron chi connectivity index (χ3n) is 5.38. The molecule has 3 aromatic carbocycles. The van der Waals surface area contributed by atoms with Crippen LogP contribution in [0.25, 0.3) is 11.0 Å². The van der Waals surface area contributed by atoms with Gasteiger partial charge in [-0.25, -0.2) is 18.4 Å². The monoisotopic (exact) mass is 522 g/mol. The molecule has 0 saturated heterocycles. The molecule has 0 bridgehead atoms. The highest BCUT2D eigenvalue weighted by atomic mass is 32.2. The maximum Gasteiger partial charge on any atom is 0.263 e. The number of benzene rings is 3. The number of nitrogens with one attached hydrogen (secondary N) is 2. The first-order valence-corrected chi connectivity index (χ1v) is 12.6. The summed E-state index contributed by atoms with van der Waals surface area (Å²) in [7, 11) is 0.612. The van der Waals surface area contributed by atoms with E-state index in [1.165, 1.54) is 26.4 Å². The first kappa shape index (κ1) is 25.5. The molecule has 1 aromatic heterocycles. The van der Waals surface area contributed by atoms with E-state index in [1.807, 2.05) is 6.07 Å². The van der Waals surface area contributed by atoms with E-state index in [-0.39, 0.29) is 23.1 Å². The number of hydrogen-bond acceptors (Lipinski definition) is 9. The number of amides is 1. The molecule has 4 N–H and O–H groups in total. The Morgan fingerprint density at radius 3 is 2.14 bits per heavy atom. The van der Waals surface area contributed by atoms with Crippen LogP contribution in [0.3, 0.4) is 0 Å². The Hall–Kier alpha value is -4.58. The van der Waals surface area contributed by atoms with Crippen LogP contribution in [0, 0.1) is 0 Å². The molecule has 4 aromatic rings. The second-order valence-corrected chi connectivity index (χ2v) is 9.74. The van der Waals surface area contributed by atoms with Crippen molar-refractivity contribution in [1.82, 2.24) is 9.97 Å². The maximum absolute atomic E-state index is 13.4. The smallest absolute Gasteiger partial charge is 0.263 e. The maximum atomic E-state index is 13.4. The zero-order valence-electron chi connectivity index (χ0n) is 20.4. The van der Waals surface area contributed by atoms with Gasteiger partial charge in [0.1, 0.15) is 11.5 Å². The number of carbonyl (C=O) groups is 1. The standard InChI is InChI=1S/C25H26N6O5S/c1-31(15-23(26)32)17-7-6-8-20(13-17)37(33,34)30-25-24(28-21-9-4-5-10-22(21)29-25)27-16-11-18(35-2)14-19(12-16)36-3/h4-14H,15H2,1-3H3,(H2,26,32)(H,27,28)(H,29,30). The summed E-state index contributed by atoms with van der Waals surface area (Å²) >= 11 is 0. The van der Waals surface area contributed by atoms with E-state index in [4.69, 9.17) is 15.2 Å². The molecule has 11 nitrogen and oxygen atoms in total. The molecule has 192 valence electrons. The van der Waals surface area contributed by atoms with E-state index in [0.717, 1.165) is 0 Å². The summed E-state index contributed by atoms with van der Waals surface area (Å²) in [6.45, 7) is -0.0643. The van der Waals surface area contributed by atoms with Crippen molar-refractivity contribution in [2.75, 3.05) is 42.8 Å². The Balaban J connectivity index is 1.74. The van der Waals surface area contributed by atoms with Crippen molar-refractivity contribution in [3.05, 3.63) is 66.7 Å². The third-order valence-corrected chi connectivity index (χ3v) is 6.71. The van der Waals surface area contributed by atoms with Gasteiger partial charge in [0.25, 0.3) is 10.0 Å². The first-order valence-electron chi connectivity index (χ1n) is 11.1. The lowest BCUT2D eigenvalue weighted by Crippen LogP contribution is -2.30. The average Bonchev–Trinajstić information content (AvgIpc) is 2.88. The van der Waals surface area contributed by atoms with E-state index in [1.54, 1.807) is 60.5 Å². The van der Waals surface area contributed by atoms with E-state index in [2.05, 4.69) is 20.0 Å². The number of likely N-dealkylation sites (N-methyl/N-ethyl adjacent to an activating group) is 1. The predicted octanol–water partition coefficient (Wildman–Crippen LogP) is 3.11. The fourth-order valence-corrected chi connectivity index (χ4v) is 4.62. The Morgan fingerprint density at radius 1 is 0.919 bits per heavy atom. The molecule has 0 unspecified atom stereocenters. The number of nitrogens with zero attached hydrogens (tertiary/aromatic N) is 3. The highest BCUT2D eigenvalue weighted by Gasteiger charge is 2.20. The molecular formula is C25H26N6O5S. The number of aromatic nitrogens is 2. The molecule has 1 heterocycles. The van der Waals surface area contributed by atoms with Crippen molar-refractivity contribution in [1.29, 1.82) is 0 Å². The van der Waals surface area contributed by atoms with Gasteiger partial charge in [0.15, 0.2) is 11.6 Å². The zero-order chi connectivity index (χ0) is 26.6. The summed E-state index contributed by atoms with van der Waals surface area (Å²) in [4.78, 5) is 21.9. The average molecular weight is 523 g/mol. The highest BCUT2D eigenvalue weighted by molar-refractivity contribution is 7.92. The van der Waals surface area contributed by atoms with Gasteiger partial charge in [-0.05, 0) is 30.3 Å². The van der Waals surface area contributed by atoms with Crippen LogP contribution in [0.15, 0.2) is 71.6 Å². The summed E-state index contributed by atoms with van der Waals surface area (Å²) in [6, 6.07) is 18.4. The van der Waals surface area contributed by atoms with Crippen molar-refractivity contribution >= 4 is 50.0 Å². The fourth-order valence-electron chi connectivity index (χ4n) is 3.57. The van der Waals surface area contributed by atoms with Crippen LogP contribution in [0.5, 0.6) is 11.5 Å². The van der Waals surface area contributed by atoms with Crippen LogP contribution in [0.2, 0.25) is 0 Å². The lowest BCUT2D eigenvalue weighted by Gasteiger charge is -2.18. The van der Waals surface area contributed by atoms with Crippen molar-refractivity contribution < 1.29 is 22.7 Å². The van der Waals surface area contributed by atoms with Gasteiger partial charge < -0.3 is 25.4 Å². The number of methoxy groups -OCH3 is 2. The number of primary amides is 1. The Labute approximate surface area is 214 Å². The number of carbonyl (C=O) groups excluding carboxylic acids is 1. The van der Waals surface area contributed by atoms with Crippen LogP contribution in [-0.4, -0.2) is 52.1 Å². The second kappa shape index (κ2) is 10.6. The minimum absolute atomic E-state index is 0.00335. The number of fused-ring (bicyclic) bond motifs is 1. The molecule has 0 atom stereocenters. The SMILES string of the molecule is COc1cc(Nc2nc3ccccc3nc2NS(=O)(=O)c2cccc(N(C)CC(N)=O)c2)cc(OC)c1. The van der Waals surface area contributed by atoms with Crippen LogP contribution in [-0.2, 0) is 14.8 Å². The minimum atomic E-state index is -4.09. The van der Waals surface area contributed by atoms with Gasteiger partial charge in [0, 0.05) is 36.6 Å². The predicted molar refractivity (Wildman–Crippen MR) is 142 cm³/mol. The van der Waals surface area contributed by atoms with Gasteiger partial charge in [-0.3, -0.25) is 9.52 Å². The molecule has 4 rings (SSSR count). The Bertz CT molecular complexity index is 1540. The molecule has 0 aliphatic heterocycles. The molecule has 0 aliphatic carbocycles. The topological polar surface area (TPSA) is 149 Å². The van der Waals surface area contributed by atoms with Crippen LogP contribution in [0.4, 0.5) is 23.0 Å². The molecule has 0 aliphatic rings. The molecule has 37 heavy (non-hydrogen) atoms. The first-order chi connectivity index (χ1) is 17.7. The summed E-state index contributed by atoms with van der Waals surface area (Å²) in [5.41, 5.74) is 7.40. The Morgan fingerprint density at radius 2 is 1.54 bits per heavy atom. The summed E-state index contributed by atoms with van der Waals surface area (Å²) in [6.07, 6.45) is 0. The normalized spacial score (nSPS) is 11.1. The number of anilines is 4. The number of rotatable bonds is 10. The van der Waals surface area contributed by atoms with Crippen LogP contribution < -0.4 is 30.1 Å². The molecular weight excluding hydrogens is 496 g/mol. The van der Waals surface area contributed by atoms with Gasteiger partial charge in [0.2, 0.25) is 5.91 Å². The number of ether oxygens (including phenoxy) is 2. The van der Waals surface area contributed by atoms with Gasteiger partial charge in [-0.2, -0.15) is 0 Å². The molecule has 1 amide bonds. The summed E-state index contributed by atoms with van der Waals surface area (Å²) in [5, 5.41) is 3.12.